The summed E-state index contributed by atoms with van der Waals surface area (Å²) in [5.41, 5.74) is 0.399. The van der Waals surface area contributed by atoms with E-state index in [-0.39, 0.29) is 16.9 Å². The Hall–Kier alpha value is -3.62. The summed E-state index contributed by atoms with van der Waals surface area (Å²) in [7, 11) is 3.00. The maximum Gasteiger partial charge on any atom is 0.339 e. The molecule has 2 rings (SSSR count). The number of benzene rings is 2. The van der Waals surface area contributed by atoms with Crippen LogP contribution in [-0.2, 0) is 9.53 Å². The van der Waals surface area contributed by atoms with Crippen molar-refractivity contribution in [3.63, 3.8) is 0 Å². The third kappa shape index (κ3) is 4.72. The first-order chi connectivity index (χ1) is 12.9. The van der Waals surface area contributed by atoms with Gasteiger partial charge in [-0.1, -0.05) is 12.1 Å². The van der Waals surface area contributed by atoms with Crippen molar-refractivity contribution < 1.29 is 24.0 Å². The van der Waals surface area contributed by atoms with E-state index in [0.29, 0.717) is 11.4 Å². The van der Waals surface area contributed by atoms with E-state index in [4.69, 9.17) is 9.47 Å². The lowest BCUT2D eigenvalue weighted by molar-refractivity contribution is -0.384. The van der Waals surface area contributed by atoms with Gasteiger partial charge in [0.05, 0.1) is 23.3 Å². The Morgan fingerprint density at radius 3 is 2.48 bits per heavy atom. The Morgan fingerprint density at radius 1 is 1.15 bits per heavy atom. The summed E-state index contributed by atoms with van der Waals surface area (Å²) >= 11 is 0. The van der Waals surface area contributed by atoms with E-state index in [1.165, 1.54) is 33.2 Å². The summed E-state index contributed by atoms with van der Waals surface area (Å²) in [6, 6.07) is 10.7. The number of hydrogen-bond acceptors (Lipinski definition) is 7. The van der Waals surface area contributed by atoms with E-state index in [1.54, 1.807) is 24.3 Å². The van der Waals surface area contributed by atoms with Crippen LogP contribution >= 0.6 is 0 Å². The first-order valence-corrected chi connectivity index (χ1v) is 7.98. The van der Waals surface area contributed by atoms with Gasteiger partial charge in [0.25, 0.3) is 11.6 Å². The highest BCUT2D eigenvalue weighted by atomic mass is 16.6. The van der Waals surface area contributed by atoms with Crippen molar-refractivity contribution in [1.82, 2.24) is 0 Å². The molecule has 1 atom stereocenters. The maximum atomic E-state index is 12.3. The molecule has 0 spiro atoms. The molecule has 0 aliphatic rings. The Balaban J connectivity index is 2.09. The summed E-state index contributed by atoms with van der Waals surface area (Å²) in [5, 5.41) is 16.4. The van der Waals surface area contributed by atoms with Gasteiger partial charge in [0.2, 0.25) is 0 Å². The van der Waals surface area contributed by atoms with Gasteiger partial charge in [-0.15, -0.1) is 0 Å². The maximum absolute atomic E-state index is 12.3. The largest absolute Gasteiger partial charge is 0.495 e. The van der Waals surface area contributed by atoms with Crippen LogP contribution in [-0.4, -0.2) is 37.1 Å². The van der Waals surface area contributed by atoms with Crippen molar-refractivity contribution in [2.24, 2.45) is 0 Å². The monoisotopic (exact) mass is 373 g/mol. The Kier molecular flexibility index (Phi) is 6.32. The number of ether oxygens (including phenoxy) is 2. The molecule has 0 saturated carbocycles. The van der Waals surface area contributed by atoms with Crippen molar-refractivity contribution >= 4 is 28.9 Å². The quantitative estimate of drug-likeness (QED) is 0.435. The molecule has 0 aliphatic carbocycles. The summed E-state index contributed by atoms with van der Waals surface area (Å²) in [5.74, 6) is -0.944. The number of anilines is 2. The van der Waals surface area contributed by atoms with Crippen molar-refractivity contribution in [2.75, 3.05) is 24.8 Å². The van der Waals surface area contributed by atoms with Crippen LogP contribution in [0.4, 0.5) is 17.1 Å². The smallest absolute Gasteiger partial charge is 0.339 e. The number of carbonyl (C=O) groups excluding carboxylic acids is 2. The molecular formula is C18H19N3O6. The molecule has 2 N–H and O–H groups in total. The lowest BCUT2D eigenvalue weighted by Crippen LogP contribution is -2.30. The summed E-state index contributed by atoms with van der Waals surface area (Å²) < 4.78 is 10.3. The number of esters is 1. The average Bonchev–Trinajstić information content (AvgIpc) is 2.67. The van der Waals surface area contributed by atoms with E-state index in [1.807, 2.05) is 0 Å². The molecule has 0 radical (unpaired) electrons. The zero-order valence-electron chi connectivity index (χ0n) is 15.0. The van der Waals surface area contributed by atoms with Gasteiger partial charge in [0, 0.05) is 13.1 Å². The van der Waals surface area contributed by atoms with Crippen LogP contribution in [0.1, 0.15) is 17.3 Å². The van der Waals surface area contributed by atoms with Crippen molar-refractivity contribution in [2.45, 2.75) is 13.0 Å². The number of amides is 1. The van der Waals surface area contributed by atoms with Crippen LogP contribution in [0.5, 0.6) is 5.75 Å². The number of carbonyl (C=O) groups is 2. The Morgan fingerprint density at radius 2 is 1.85 bits per heavy atom. The first kappa shape index (κ1) is 19.7. The molecule has 2 aromatic rings. The van der Waals surface area contributed by atoms with Crippen molar-refractivity contribution in [3.05, 3.63) is 58.1 Å². The van der Waals surface area contributed by atoms with Crippen LogP contribution < -0.4 is 15.4 Å². The van der Waals surface area contributed by atoms with Crippen LogP contribution in [0.25, 0.3) is 0 Å². The highest BCUT2D eigenvalue weighted by Crippen LogP contribution is 2.26. The summed E-state index contributed by atoms with van der Waals surface area (Å²) in [6.07, 6.45) is -1.12. The fourth-order valence-corrected chi connectivity index (χ4v) is 2.29. The minimum Gasteiger partial charge on any atom is -0.495 e. The topological polar surface area (TPSA) is 120 Å². The Bertz CT molecular complexity index is 868. The molecule has 9 nitrogen and oxygen atoms in total. The SMILES string of the molecule is CNc1ccc(C(=O)O[C@@H](C)C(=O)Nc2ccccc2OC)cc1[N+](=O)[O-]. The van der Waals surface area contributed by atoms with Gasteiger partial charge >= 0.3 is 5.97 Å². The van der Waals surface area contributed by atoms with Gasteiger partial charge in [0.15, 0.2) is 6.10 Å². The zero-order chi connectivity index (χ0) is 20.0. The number of hydrogen-bond donors (Lipinski definition) is 2. The van der Waals surface area contributed by atoms with Gasteiger partial charge in [0.1, 0.15) is 11.4 Å². The molecule has 0 aromatic heterocycles. The number of para-hydroxylation sites is 2. The normalized spacial score (nSPS) is 11.2. The van der Waals surface area contributed by atoms with Crippen molar-refractivity contribution in [3.8, 4) is 5.75 Å². The number of methoxy groups -OCH3 is 1. The van der Waals surface area contributed by atoms with Crippen molar-refractivity contribution in [1.29, 1.82) is 0 Å². The minimum absolute atomic E-state index is 0.0300. The predicted octanol–water partition coefficient (Wildman–Crippen LogP) is 2.83. The molecule has 0 saturated heterocycles. The number of nitrogens with zero attached hydrogens (tertiary/aromatic N) is 1. The standard InChI is InChI=1S/C18H19N3O6/c1-11(17(22)20-14-6-4-5-7-16(14)26-3)27-18(23)12-8-9-13(19-2)15(10-12)21(24)25/h4-11,19H,1-3H3,(H,20,22)/t11-/m0/s1. The van der Waals surface area contributed by atoms with Gasteiger partial charge in [-0.25, -0.2) is 4.79 Å². The lowest BCUT2D eigenvalue weighted by Gasteiger charge is -2.15. The van der Waals surface area contributed by atoms with Gasteiger partial charge in [-0.05, 0) is 31.2 Å². The molecule has 0 bridgehead atoms. The van der Waals surface area contributed by atoms with Gasteiger partial charge in [-0.2, -0.15) is 0 Å². The van der Waals surface area contributed by atoms with E-state index >= 15 is 0 Å². The minimum atomic E-state index is -1.12. The summed E-state index contributed by atoms with van der Waals surface area (Å²) in [6.45, 7) is 1.40. The van der Waals surface area contributed by atoms with Gasteiger partial charge < -0.3 is 20.1 Å². The number of rotatable bonds is 7. The number of nitro benzene ring substituents is 1. The molecule has 2 aromatic carbocycles. The highest BCUT2D eigenvalue weighted by Gasteiger charge is 2.22. The fourth-order valence-electron chi connectivity index (χ4n) is 2.29. The van der Waals surface area contributed by atoms with Crippen LogP contribution in [0.3, 0.4) is 0 Å². The number of nitro groups is 1. The molecule has 0 aliphatic heterocycles. The zero-order valence-corrected chi connectivity index (χ0v) is 15.0. The molecular weight excluding hydrogens is 354 g/mol. The van der Waals surface area contributed by atoms with Crippen LogP contribution in [0.15, 0.2) is 42.5 Å². The predicted molar refractivity (Wildman–Crippen MR) is 99.1 cm³/mol. The lowest BCUT2D eigenvalue weighted by atomic mass is 10.1. The average molecular weight is 373 g/mol. The van der Waals surface area contributed by atoms with Crippen LogP contribution in [0.2, 0.25) is 0 Å². The first-order valence-electron chi connectivity index (χ1n) is 7.98. The van der Waals surface area contributed by atoms with E-state index in [2.05, 4.69) is 10.6 Å². The van der Waals surface area contributed by atoms with E-state index in [0.717, 1.165) is 6.07 Å². The third-order valence-electron chi connectivity index (χ3n) is 3.72. The molecule has 0 fully saturated rings. The van der Waals surface area contributed by atoms with Gasteiger partial charge in [-0.3, -0.25) is 14.9 Å². The van der Waals surface area contributed by atoms with E-state index in [9.17, 15) is 19.7 Å². The second-order valence-corrected chi connectivity index (χ2v) is 5.48. The third-order valence-corrected chi connectivity index (χ3v) is 3.72. The number of nitrogens with one attached hydrogen (secondary N) is 2. The second kappa shape index (κ2) is 8.65. The molecule has 9 heteroatoms. The molecule has 142 valence electrons. The second-order valence-electron chi connectivity index (χ2n) is 5.48. The van der Waals surface area contributed by atoms with Crippen LogP contribution in [0, 0.1) is 10.1 Å². The summed E-state index contributed by atoms with van der Waals surface area (Å²) in [4.78, 5) is 35.0. The molecule has 27 heavy (non-hydrogen) atoms. The Labute approximate surface area is 155 Å². The fraction of sp³-hybridized carbons (Fsp3) is 0.222. The molecule has 1 amide bonds. The molecule has 0 heterocycles. The van der Waals surface area contributed by atoms with E-state index < -0.39 is 22.9 Å². The highest BCUT2D eigenvalue weighted by molar-refractivity contribution is 5.98. The molecule has 0 unspecified atom stereocenters.